The molecule has 0 saturated carbocycles. The van der Waals surface area contributed by atoms with Gasteiger partial charge in [-0.1, -0.05) is 24.3 Å². The zero-order valence-corrected chi connectivity index (χ0v) is 20.1. The highest BCUT2D eigenvalue weighted by molar-refractivity contribution is 5.80. The molecule has 10 heteroatoms. The molecule has 0 aliphatic rings. The van der Waals surface area contributed by atoms with Crippen molar-refractivity contribution in [3.05, 3.63) is 88.7 Å². The Balaban J connectivity index is 1.84. The van der Waals surface area contributed by atoms with Gasteiger partial charge in [0.1, 0.15) is 5.78 Å². The van der Waals surface area contributed by atoms with E-state index in [9.17, 15) is 31.1 Å². The molecule has 0 aliphatic carbocycles. The maximum Gasteiger partial charge on any atom is 0.418 e. The van der Waals surface area contributed by atoms with E-state index >= 15 is 0 Å². The summed E-state index contributed by atoms with van der Waals surface area (Å²) < 4.78 is 90.8. The lowest BCUT2D eigenvalue weighted by atomic mass is 9.86. The third kappa shape index (κ3) is 7.02. The number of hydrogen-bond acceptors (Lipinski definition) is 4. The Kier molecular flexibility index (Phi) is 8.83. The molecule has 4 nitrogen and oxygen atoms in total. The lowest BCUT2D eigenvalue weighted by molar-refractivity contribution is -0.139. The van der Waals surface area contributed by atoms with Gasteiger partial charge in [-0.3, -0.25) is 9.78 Å². The van der Waals surface area contributed by atoms with Crippen LogP contribution < -0.4 is 9.47 Å². The van der Waals surface area contributed by atoms with Crippen LogP contribution in [0.5, 0.6) is 11.5 Å². The van der Waals surface area contributed by atoms with Crippen LogP contribution in [-0.2, 0) is 23.6 Å². The Hall–Kier alpha value is -3.56. The number of halogens is 6. The van der Waals surface area contributed by atoms with Crippen molar-refractivity contribution in [2.75, 3.05) is 14.2 Å². The van der Waals surface area contributed by atoms with Crippen LogP contribution in [0.25, 0.3) is 0 Å². The minimum Gasteiger partial charge on any atom is -0.493 e. The number of benzene rings is 2. The molecule has 0 unspecified atom stereocenters. The minimum atomic E-state index is -4.75. The van der Waals surface area contributed by atoms with Crippen LogP contribution in [0.15, 0.2) is 60.8 Å². The average molecular weight is 525 g/mol. The average Bonchev–Trinajstić information content (AvgIpc) is 2.86. The van der Waals surface area contributed by atoms with Gasteiger partial charge in [-0.15, -0.1) is 0 Å². The van der Waals surface area contributed by atoms with Crippen molar-refractivity contribution in [2.24, 2.45) is 0 Å². The number of nitrogens with zero attached hydrogens (tertiary/aromatic N) is 1. The number of ketones is 1. The van der Waals surface area contributed by atoms with E-state index in [1.807, 2.05) is 6.07 Å². The van der Waals surface area contributed by atoms with Gasteiger partial charge in [-0.25, -0.2) is 0 Å². The SMILES string of the molecule is COc1cccc(CCCC(=O)C[C@@H](c2ccc(C(F)(F)F)cc2)c2ncccc2C(F)(F)F)c1OC. The second-order valence-electron chi connectivity index (χ2n) is 8.36. The summed E-state index contributed by atoms with van der Waals surface area (Å²) in [6.45, 7) is 0. The molecule has 0 saturated heterocycles. The van der Waals surface area contributed by atoms with Crippen molar-refractivity contribution < 1.29 is 40.6 Å². The third-order valence-electron chi connectivity index (χ3n) is 5.93. The molecule has 0 amide bonds. The highest BCUT2D eigenvalue weighted by Crippen LogP contribution is 2.39. The smallest absolute Gasteiger partial charge is 0.418 e. The summed E-state index contributed by atoms with van der Waals surface area (Å²) >= 11 is 0. The molecule has 0 fully saturated rings. The second-order valence-corrected chi connectivity index (χ2v) is 8.36. The van der Waals surface area contributed by atoms with Gasteiger partial charge in [0.25, 0.3) is 0 Å². The van der Waals surface area contributed by atoms with Crippen molar-refractivity contribution in [2.45, 2.75) is 44.0 Å². The molecule has 0 N–H and O–H groups in total. The van der Waals surface area contributed by atoms with E-state index in [-0.39, 0.29) is 24.2 Å². The number of Topliss-reactive ketones (excluding diaryl/α,β-unsaturated/α-hetero) is 1. The van der Waals surface area contributed by atoms with E-state index in [0.717, 1.165) is 42.0 Å². The number of carbonyl (C=O) groups is 1. The maximum atomic E-state index is 13.7. The summed E-state index contributed by atoms with van der Waals surface area (Å²) in [5.41, 5.74) is -1.44. The number of alkyl halides is 6. The minimum absolute atomic E-state index is 0.0473. The molecular weight excluding hydrogens is 500 g/mol. The van der Waals surface area contributed by atoms with Crippen molar-refractivity contribution in [1.82, 2.24) is 4.98 Å². The standard InChI is InChI=1S/C27H25F6NO3/c1-36-23-10-4-7-18(25(23)37-2)6-3-8-20(35)16-21(17-11-13-19(14-12-17)26(28,29)30)24-22(27(31,32)33)9-5-15-34-24/h4-5,7,9-15,21H,3,6,8,16H2,1-2H3/t21-/m0/s1. The van der Waals surface area contributed by atoms with E-state index in [1.165, 1.54) is 20.4 Å². The fourth-order valence-corrected chi connectivity index (χ4v) is 4.17. The normalized spacial score (nSPS) is 12.8. The van der Waals surface area contributed by atoms with E-state index in [2.05, 4.69) is 4.98 Å². The van der Waals surface area contributed by atoms with Gasteiger partial charge in [0, 0.05) is 25.0 Å². The molecule has 198 valence electrons. The van der Waals surface area contributed by atoms with E-state index in [4.69, 9.17) is 9.47 Å². The molecular formula is C27H25F6NO3. The molecule has 2 aromatic carbocycles. The summed E-state index contributed by atoms with van der Waals surface area (Å²) in [4.78, 5) is 16.8. The zero-order valence-electron chi connectivity index (χ0n) is 20.1. The summed E-state index contributed by atoms with van der Waals surface area (Å²) in [5.74, 6) is -0.448. The first-order chi connectivity index (χ1) is 17.5. The van der Waals surface area contributed by atoms with Gasteiger partial charge >= 0.3 is 12.4 Å². The lowest BCUT2D eigenvalue weighted by Crippen LogP contribution is -2.17. The fraction of sp³-hybridized carbons (Fsp3) is 0.333. The molecule has 3 aromatic rings. The van der Waals surface area contributed by atoms with Crippen LogP contribution in [0.1, 0.15) is 53.1 Å². The van der Waals surface area contributed by atoms with E-state index in [0.29, 0.717) is 24.3 Å². The number of carbonyl (C=O) groups excluding carboxylic acids is 1. The molecule has 37 heavy (non-hydrogen) atoms. The summed E-state index contributed by atoms with van der Waals surface area (Å²) in [7, 11) is 2.99. The zero-order chi connectivity index (χ0) is 27.2. The van der Waals surface area contributed by atoms with E-state index in [1.54, 1.807) is 12.1 Å². The largest absolute Gasteiger partial charge is 0.493 e. The Morgan fingerprint density at radius 1 is 0.892 bits per heavy atom. The first-order valence-electron chi connectivity index (χ1n) is 11.4. The molecule has 1 atom stereocenters. The first kappa shape index (κ1) is 28.0. The van der Waals surface area contributed by atoms with Gasteiger partial charge in [0.2, 0.25) is 0 Å². The first-order valence-corrected chi connectivity index (χ1v) is 11.4. The summed E-state index contributed by atoms with van der Waals surface area (Å²) in [6.07, 6.45) is -7.65. The third-order valence-corrected chi connectivity index (χ3v) is 5.93. The van der Waals surface area contributed by atoms with Crippen molar-refractivity contribution in [3.8, 4) is 11.5 Å². The van der Waals surface area contributed by atoms with Crippen LogP contribution >= 0.6 is 0 Å². The van der Waals surface area contributed by atoms with Gasteiger partial charge in [0.15, 0.2) is 11.5 Å². The highest BCUT2D eigenvalue weighted by Gasteiger charge is 2.37. The van der Waals surface area contributed by atoms with Crippen molar-refractivity contribution in [3.63, 3.8) is 0 Å². The Labute approximate surface area is 210 Å². The molecule has 0 bridgehead atoms. The molecule has 1 aromatic heterocycles. The summed E-state index contributed by atoms with van der Waals surface area (Å²) in [6, 6.07) is 11.1. The number of hydrogen-bond donors (Lipinski definition) is 0. The van der Waals surface area contributed by atoms with Crippen molar-refractivity contribution in [1.29, 1.82) is 0 Å². The van der Waals surface area contributed by atoms with Gasteiger partial charge < -0.3 is 9.47 Å². The van der Waals surface area contributed by atoms with Crippen LogP contribution in [0.4, 0.5) is 26.3 Å². The summed E-state index contributed by atoms with van der Waals surface area (Å²) in [5, 5.41) is 0. The number of rotatable bonds is 10. The second kappa shape index (κ2) is 11.7. The number of methoxy groups -OCH3 is 2. The number of pyridine rings is 1. The number of ether oxygens (including phenoxy) is 2. The Morgan fingerprint density at radius 3 is 2.19 bits per heavy atom. The molecule has 1 heterocycles. The van der Waals surface area contributed by atoms with Crippen LogP contribution in [0.3, 0.4) is 0 Å². The van der Waals surface area contributed by atoms with E-state index < -0.39 is 35.1 Å². The Bertz CT molecular complexity index is 1210. The number of aryl methyl sites for hydroxylation is 1. The lowest BCUT2D eigenvalue weighted by Gasteiger charge is -2.21. The predicted octanol–water partition coefficient (Wildman–Crippen LogP) is 7.25. The molecule has 0 radical (unpaired) electrons. The Morgan fingerprint density at radius 2 is 1.59 bits per heavy atom. The van der Waals surface area contributed by atoms with Crippen LogP contribution in [0, 0.1) is 0 Å². The van der Waals surface area contributed by atoms with Crippen LogP contribution in [0.2, 0.25) is 0 Å². The monoisotopic (exact) mass is 525 g/mol. The van der Waals surface area contributed by atoms with Crippen molar-refractivity contribution >= 4 is 5.78 Å². The predicted molar refractivity (Wildman–Crippen MR) is 125 cm³/mol. The quantitative estimate of drug-likeness (QED) is 0.262. The fourth-order valence-electron chi connectivity index (χ4n) is 4.17. The van der Waals surface area contributed by atoms with Gasteiger partial charge in [0.05, 0.1) is 31.0 Å². The topological polar surface area (TPSA) is 48.4 Å². The van der Waals surface area contributed by atoms with Gasteiger partial charge in [-0.2, -0.15) is 26.3 Å². The number of para-hydroxylation sites is 1. The molecule has 0 spiro atoms. The number of aromatic nitrogens is 1. The highest BCUT2D eigenvalue weighted by atomic mass is 19.4. The van der Waals surface area contributed by atoms with Crippen LogP contribution in [-0.4, -0.2) is 25.0 Å². The molecule has 3 rings (SSSR count). The maximum absolute atomic E-state index is 13.7. The van der Waals surface area contributed by atoms with Gasteiger partial charge in [-0.05, 0) is 54.3 Å². The molecule has 0 aliphatic heterocycles.